The molecular formula is C32H39BF3NO10S2. The summed E-state index contributed by atoms with van der Waals surface area (Å²) in [5, 5.41) is 2.96. The summed E-state index contributed by atoms with van der Waals surface area (Å²) in [7, 11) is -4.64. The third-order valence-electron chi connectivity index (χ3n) is 9.97. The molecule has 1 aliphatic heterocycles. The number of rotatable bonds is 13. The first kappa shape index (κ1) is 37.1. The molecule has 11 nitrogen and oxygen atoms in total. The SMILES string of the molecule is COC(=O)c1c(OS(=O)(=O)C(F)(F)F)ccc(C[C@H](NC(=O)CSC)B2OC3C[C@@H]4C[C@@H](C4(C)C)[C@]3(C)O2)c1OCc1ccc(OC)cc1. The Hall–Kier alpha value is -3.15. The third kappa shape index (κ3) is 7.21. The summed E-state index contributed by atoms with van der Waals surface area (Å²) in [5.74, 6) is -2.26. The van der Waals surface area contributed by atoms with Crippen molar-refractivity contribution in [3.05, 3.63) is 53.1 Å². The minimum atomic E-state index is -6.18. The minimum Gasteiger partial charge on any atom is -0.497 e. The molecule has 4 fully saturated rings. The fourth-order valence-corrected chi connectivity index (χ4v) is 8.06. The molecule has 4 aliphatic rings. The van der Waals surface area contributed by atoms with Crippen molar-refractivity contribution in [1.29, 1.82) is 0 Å². The maximum atomic E-state index is 13.4. The van der Waals surface area contributed by atoms with Crippen LogP contribution in [-0.2, 0) is 42.0 Å². The predicted octanol–water partition coefficient (Wildman–Crippen LogP) is 4.95. The number of ether oxygens (including phenoxy) is 3. The van der Waals surface area contributed by atoms with Crippen LogP contribution in [0.5, 0.6) is 17.2 Å². The highest BCUT2D eigenvalue weighted by molar-refractivity contribution is 7.99. The Morgan fingerprint density at radius 3 is 2.39 bits per heavy atom. The molecule has 1 heterocycles. The maximum Gasteiger partial charge on any atom is 0.534 e. The molecule has 1 N–H and O–H groups in total. The number of nitrogens with one attached hydrogen (secondary N) is 1. The first-order valence-corrected chi connectivity index (χ1v) is 18.4. The highest BCUT2D eigenvalue weighted by atomic mass is 32.2. The van der Waals surface area contributed by atoms with Crippen molar-refractivity contribution in [1.82, 2.24) is 5.32 Å². The van der Waals surface area contributed by atoms with Crippen LogP contribution in [0.2, 0.25) is 0 Å². The number of thioether (sulfide) groups is 1. The third-order valence-corrected chi connectivity index (χ3v) is 11.5. The van der Waals surface area contributed by atoms with Crippen LogP contribution in [0.1, 0.15) is 55.1 Å². The van der Waals surface area contributed by atoms with Crippen molar-refractivity contribution in [3.63, 3.8) is 0 Å². The van der Waals surface area contributed by atoms with Gasteiger partial charge in [0.25, 0.3) is 0 Å². The van der Waals surface area contributed by atoms with E-state index in [4.69, 9.17) is 23.5 Å². The molecule has 2 aromatic carbocycles. The van der Waals surface area contributed by atoms with Crippen LogP contribution in [0.25, 0.3) is 0 Å². The monoisotopic (exact) mass is 729 g/mol. The molecule has 49 heavy (non-hydrogen) atoms. The Balaban J connectivity index is 1.55. The molecule has 5 atom stereocenters. The summed E-state index contributed by atoms with van der Waals surface area (Å²) in [5.41, 5.74) is -6.24. The van der Waals surface area contributed by atoms with Crippen molar-refractivity contribution in [2.45, 2.75) is 69.8 Å². The van der Waals surface area contributed by atoms with Gasteiger partial charge in [0, 0.05) is 0 Å². The van der Waals surface area contributed by atoms with Crippen LogP contribution < -0.4 is 19.0 Å². The van der Waals surface area contributed by atoms with E-state index in [9.17, 15) is 31.2 Å². The van der Waals surface area contributed by atoms with Gasteiger partial charge in [0.15, 0.2) is 5.75 Å². The van der Waals surface area contributed by atoms with E-state index in [2.05, 4.69) is 23.3 Å². The molecule has 2 aromatic rings. The van der Waals surface area contributed by atoms with Gasteiger partial charge in [0.1, 0.15) is 23.7 Å². The smallest absolute Gasteiger partial charge is 0.497 e. The van der Waals surface area contributed by atoms with Crippen LogP contribution in [-0.4, -0.2) is 76.8 Å². The van der Waals surface area contributed by atoms with E-state index in [1.807, 2.05) is 6.92 Å². The number of halogens is 3. The summed E-state index contributed by atoms with van der Waals surface area (Å²) < 4.78 is 97.9. The van der Waals surface area contributed by atoms with Gasteiger partial charge in [-0.2, -0.15) is 33.4 Å². The highest BCUT2D eigenvalue weighted by Crippen LogP contribution is 2.65. The number of benzene rings is 2. The topological polar surface area (TPSA) is 136 Å². The molecule has 1 amide bonds. The van der Waals surface area contributed by atoms with E-state index in [0.29, 0.717) is 17.2 Å². The second-order valence-electron chi connectivity index (χ2n) is 13.2. The van der Waals surface area contributed by atoms with Crippen LogP contribution in [0.4, 0.5) is 13.2 Å². The second-order valence-corrected chi connectivity index (χ2v) is 15.6. The zero-order valence-electron chi connectivity index (χ0n) is 27.9. The zero-order chi connectivity index (χ0) is 35.9. The average molecular weight is 730 g/mol. The van der Waals surface area contributed by atoms with Crippen LogP contribution in [0.3, 0.4) is 0 Å². The standard InChI is InChI=1S/C32H39BF3NO10S2/c1-30(2)20-14-23(30)31(3)24(15-20)45-33(47-31)25(37-26(38)17-48-6)13-19-9-12-22(46-49(40,41)32(34,35)36)27(29(39)43-5)28(19)44-16-18-7-10-21(42-4)11-8-18/h7-12,20,23-25H,13-17H2,1-6H3,(H,37,38)/t20-,23-,24?,25-,31-/m0/s1. The first-order chi connectivity index (χ1) is 22.9. The number of esters is 1. The van der Waals surface area contributed by atoms with E-state index >= 15 is 0 Å². The molecule has 1 unspecified atom stereocenters. The van der Waals surface area contributed by atoms with Gasteiger partial charge in [0.2, 0.25) is 5.91 Å². The van der Waals surface area contributed by atoms with Crippen LogP contribution in [0, 0.1) is 17.3 Å². The Labute approximate surface area is 288 Å². The predicted molar refractivity (Wildman–Crippen MR) is 175 cm³/mol. The van der Waals surface area contributed by atoms with Crippen molar-refractivity contribution < 1.29 is 58.9 Å². The number of hydrogen-bond donors (Lipinski definition) is 1. The second kappa shape index (κ2) is 13.9. The van der Waals surface area contributed by atoms with Gasteiger partial charge in [-0.15, -0.1) is 0 Å². The molecule has 6 rings (SSSR count). The van der Waals surface area contributed by atoms with E-state index in [1.54, 1.807) is 30.5 Å². The van der Waals surface area contributed by atoms with Crippen molar-refractivity contribution in [2.75, 3.05) is 26.2 Å². The fraction of sp³-hybridized carbons (Fsp3) is 0.562. The lowest BCUT2D eigenvalue weighted by Gasteiger charge is -2.64. The number of hydrogen-bond acceptors (Lipinski definition) is 11. The van der Waals surface area contributed by atoms with Gasteiger partial charge in [-0.3, -0.25) is 4.79 Å². The summed E-state index contributed by atoms with van der Waals surface area (Å²) >= 11 is 1.30. The lowest BCUT2D eigenvalue weighted by molar-refractivity contribution is -0.199. The zero-order valence-corrected chi connectivity index (χ0v) is 29.6. The van der Waals surface area contributed by atoms with E-state index in [1.165, 1.54) is 24.9 Å². The largest absolute Gasteiger partial charge is 0.534 e. The molecule has 1 saturated heterocycles. The van der Waals surface area contributed by atoms with Gasteiger partial charge in [0.05, 0.1) is 37.6 Å². The Kier molecular flexibility index (Phi) is 10.5. The molecule has 0 radical (unpaired) electrons. The number of amides is 1. The number of alkyl halides is 3. The first-order valence-electron chi connectivity index (χ1n) is 15.6. The molecule has 3 aliphatic carbocycles. The molecule has 2 bridgehead atoms. The van der Waals surface area contributed by atoms with E-state index in [0.717, 1.165) is 26.0 Å². The molecule has 0 aromatic heterocycles. The number of carbonyl (C=O) groups excluding carboxylic acids is 2. The van der Waals surface area contributed by atoms with Crippen molar-refractivity contribution in [3.8, 4) is 17.2 Å². The van der Waals surface area contributed by atoms with Crippen LogP contribution in [0.15, 0.2) is 36.4 Å². The van der Waals surface area contributed by atoms with Gasteiger partial charge >= 0.3 is 28.7 Å². The average Bonchev–Trinajstić information content (AvgIpc) is 3.40. The summed E-state index contributed by atoms with van der Waals surface area (Å²) in [4.78, 5) is 26.2. The fourth-order valence-electron chi connectivity index (χ4n) is 7.24. The summed E-state index contributed by atoms with van der Waals surface area (Å²) in [6.45, 7) is 6.25. The Bertz CT molecular complexity index is 1670. The summed E-state index contributed by atoms with van der Waals surface area (Å²) in [6.07, 6.45) is 3.23. The van der Waals surface area contributed by atoms with E-state index < -0.39 is 51.6 Å². The van der Waals surface area contributed by atoms with E-state index in [-0.39, 0.29) is 53.4 Å². The van der Waals surface area contributed by atoms with Crippen molar-refractivity contribution in [2.24, 2.45) is 17.3 Å². The quantitative estimate of drug-likeness (QED) is 0.130. The molecular weight excluding hydrogens is 690 g/mol. The van der Waals surface area contributed by atoms with Crippen LogP contribution >= 0.6 is 11.8 Å². The van der Waals surface area contributed by atoms with Gasteiger partial charge in [-0.1, -0.05) is 32.0 Å². The normalized spacial score (nSPS) is 24.7. The molecule has 3 saturated carbocycles. The lowest BCUT2D eigenvalue weighted by atomic mass is 9.43. The molecule has 17 heteroatoms. The van der Waals surface area contributed by atoms with Crippen molar-refractivity contribution >= 4 is 40.9 Å². The molecule has 0 spiro atoms. The number of carbonyl (C=O) groups is 2. The maximum absolute atomic E-state index is 13.4. The molecule has 268 valence electrons. The Morgan fingerprint density at radius 1 is 1.10 bits per heavy atom. The lowest BCUT2D eigenvalue weighted by Crippen LogP contribution is -2.65. The highest BCUT2D eigenvalue weighted by Gasteiger charge is 2.68. The van der Waals surface area contributed by atoms with Gasteiger partial charge in [-0.25, -0.2) is 4.79 Å². The van der Waals surface area contributed by atoms with Gasteiger partial charge in [-0.05, 0) is 79.0 Å². The minimum absolute atomic E-state index is 0.0472. The summed E-state index contributed by atoms with van der Waals surface area (Å²) in [6, 6.07) is 8.86. The Morgan fingerprint density at radius 2 is 1.80 bits per heavy atom. The number of methoxy groups -OCH3 is 2. The van der Waals surface area contributed by atoms with Gasteiger partial charge < -0.3 is 33.0 Å².